The van der Waals surface area contributed by atoms with Crippen LogP contribution >= 0.6 is 35.3 Å². The number of thioether (sulfide) groups is 3. The van der Waals surface area contributed by atoms with E-state index in [0.717, 1.165) is 45.1 Å². The molecule has 46 nitrogen and oxygen atoms in total. The highest BCUT2D eigenvalue weighted by Gasteiger charge is 2.40. The number of nitrogens with one attached hydrogen (secondary N) is 17. The lowest BCUT2D eigenvalue weighted by atomic mass is 9.99. The molecule has 4 bridgehead atoms. The van der Waals surface area contributed by atoms with Gasteiger partial charge in [-0.05, 0) is 80.7 Å². The van der Waals surface area contributed by atoms with Gasteiger partial charge in [0.15, 0.2) is 5.96 Å². The van der Waals surface area contributed by atoms with E-state index in [2.05, 4.69) is 84.4 Å². The topological polar surface area (TPSA) is 720 Å². The number of carbonyl (C=O) groups excluding carboxylic acids is 18. The van der Waals surface area contributed by atoms with Crippen LogP contribution in [0.2, 0.25) is 0 Å². The highest BCUT2D eigenvalue weighted by Crippen LogP contribution is 2.25. The minimum absolute atomic E-state index is 0.00917. The molecule has 18 amide bonds. The van der Waals surface area contributed by atoms with Crippen LogP contribution in [0.5, 0.6) is 0 Å². The molecular weight excluding hydrogens is 1820 g/mol. The Kier molecular flexibility index (Phi) is 41.7. The van der Waals surface area contributed by atoms with Gasteiger partial charge in [0.25, 0.3) is 0 Å². The van der Waals surface area contributed by atoms with E-state index in [0.29, 0.717) is 38.5 Å². The van der Waals surface area contributed by atoms with Crippen molar-refractivity contribution in [2.24, 2.45) is 28.9 Å². The van der Waals surface area contributed by atoms with Crippen molar-refractivity contribution in [3.05, 3.63) is 108 Å². The molecule has 3 aromatic carbocycles. The Balaban J connectivity index is 1.25. The largest absolute Gasteiger partial charge is 0.481 e. The Morgan fingerprint density at radius 2 is 0.941 bits per heavy atom. The number of nitrogens with two attached hydrogens (primary N) is 4. The number of aromatic nitrogens is 2. The molecule has 0 spiro atoms. The maximum atomic E-state index is 15.6. The van der Waals surface area contributed by atoms with E-state index in [1.54, 1.807) is 98.9 Å². The number of hydrogen-bond donors (Lipinski definition) is 23. The Hall–Kier alpha value is -13.6. The summed E-state index contributed by atoms with van der Waals surface area (Å²) in [5.74, 6) is -24.0. The number of para-hydroxylation sites is 2. The summed E-state index contributed by atoms with van der Waals surface area (Å²) >= 11 is 2.74. The first-order chi connectivity index (χ1) is 64.2. The van der Waals surface area contributed by atoms with E-state index >= 15 is 19.2 Å². The molecule has 0 unspecified atom stereocenters. The molecule has 3 aliphatic heterocycles. The number of fused-ring (bicyclic) bond motifs is 9. The smallest absolute Gasteiger partial charge is 0.305 e. The normalized spacial score (nSPS) is 23.1. The quantitative estimate of drug-likeness (QED) is 0.0148. The third kappa shape index (κ3) is 34.4. The Labute approximate surface area is 788 Å². The van der Waals surface area contributed by atoms with Gasteiger partial charge in [0.1, 0.15) is 72.5 Å². The van der Waals surface area contributed by atoms with E-state index in [4.69, 9.17) is 28.3 Å². The summed E-state index contributed by atoms with van der Waals surface area (Å²) in [5, 5.41) is 65.0. The molecule has 13 atom stereocenters. The Morgan fingerprint density at radius 1 is 0.489 bits per heavy atom. The second-order valence-corrected chi connectivity index (χ2v) is 36.5. The second-order valence-electron chi connectivity index (χ2n) is 33.0. The number of nitrogens with zero attached hydrogens (tertiary/aromatic N) is 3. The van der Waals surface area contributed by atoms with Gasteiger partial charge in [-0.25, -0.2) is 0 Å². The number of carboxylic acids is 2. The van der Waals surface area contributed by atoms with Gasteiger partial charge < -0.3 is 132 Å². The van der Waals surface area contributed by atoms with Crippen molar-refractivity contribution in [3.63, 3.8) is 0 Å². The Bertz CT molecular complexity index is 5140. The van der Waals surface area contributed by atoms with Gasteiger partial charge in [0.2, 0.25) is 106 Å². The highest BCUT2D eigenvalue weighted by molar-refractivity contribution is 7.99. The van der Waals surface area contributed by atoms with Gasteiger partial charge >= 0.3 is 11.9 Å². The van der Waals surface area contributed by atoms with E-state index < -0.39 is 286 Å². The third-order valence-corrected chi connectivity index (χ3v) is 25.0. The summed E-state index contributed by atoms with van der Waals surface area (Å²) in [6, 6.07) is 0.121. The number of hydrogen-bond acceptors (Lipinski definition) is 25. The van der Waals surface area contributed by atoms with Gasteiger partial charge in [-0.1, -0.05) is 80.6 Å². The maximum Gasteiger partial charge on any atom is 0.305 e. The van der Waals surface area contributed by atoms with Gasteiger partial charge in [-0.15, -0.1) is 0 Å². The van der Waals surface area contributed by atoms with E-state index in [9.17, 15) is 86.9 Å². The number of aromatic amines is 2. The predicted molar refractivity (Wildman–Crippen MR) is 496 cm³/mol. The number of H-pyrrole nitrogens is 2. The van der Waals surface area contributed by atoms with Crippen LogP contribution in [-0.4, -0.2) is 305 Å². The van der Waals surface area contributed by atoms with Crippen molar-refractivity contribution in [2.45, 2.75) is 196 Å². The molecule has 3 saturated heterocycles. The average Bonchev–Trinajstić information content (AvgIpc) is 0.981. The lowest BCUT2D eigenvalue weighted by Crippen LogP contribution is -2.61. The molecule has 5 aromatic rings. The van der Waals surface area contributed by atoms with Crippen molar-refractivity contribution in [1.82, 2.24) is 99.1 Å². The van der Waals surface area contributed by atoms with E-state index in [1.807, 2.05) is 0 Å². The van der Waals surface area contributed by atoms with Crippen LogP contribution in [0.3, 0.4) is 0 Å². The summed E-state index contributed by atoms with van der Waals surface area (Å²) in [6.07, 6.45) is -3.63. The second kappa shape index (κ2) is 52.8. The fraction of sp³-hybridized carbons (Fsp3) is 0.500. The molecule has 3 aliphatic rings. The molecule has 0 aliphatic carbocycles. The summed E-state index contributed by atoms with van der Waals surface area (Å²) in [4.78, 5) is 296. The number of benzene rings is 3. The van der Waals surface area contributed by atoms with Crippen LogP contribution < -0.4 is 97.4 Å². The average molecular weight is 1940 g/mol. The fourth-order valence-electron chi connectivity index (χ4n) is 14.5. The van der Waals surface area contributed by atoms with Crippen molar-refractivity contribution in [3.8, 4) is 0 Å². The maximum absolute atomic E-state index is 15.6. The molecule has 8 rings (SSSR count). The van der Waals surface area contributed by atoms with Crippen LogP contribution in [0.1, 0.15) is 115 Å². The zero-order chi connectivity index (χ0) is 98.7. The molecule has 135 heavy (non-hydrogen) atoms. The van der Waals surface area contributed by atoms with Crippen molar-refractivity contribution >= 4 is 181 Å². The molecule has 3 fully saturated rings. The van der Waals surface area contributed by atoms with E-state index in [1.165, 1.54) is 24.9 Å². The molecule has 49 heteroatoms. The molecule has 732 valence electrons. The van der Waals surface area contributed by atoms with Crippen LogP contribution in [-0.2, 0) is 115 Å². The van der Waals surface area contributed by atoms with Crippen molar-refractivity contribution in [1.29, 1.82) is 5.41 Å². The minimum Gasteiger partial charge on any atom is -0.481 e. The SMILES string of the molecule is CC(C)C[C@@H]1NC(=O)[C@H](Cc2c[nH]c3ccccc23)NC(=O)[C@H](CCC(N)=O)NC(=O)[C@@H](NC(=O)[C@H](C)N)CSCCC(=O)N2CN3CN(C2)C(=O)CCSC[C@H](NC(=O)[C@H](CC(=O)O)NC(=O)[C@H](CCC(=O)O)NC1=O)C(=O)N[C@@H](Cc1c[nH]c2ccccc12)C(=O)N[C@@H](CCCNC(=N)N)C(=O)NCC(=O)N[C@@H](Cc1ccccc1)C(=O)N[C@H](C(=O)N[C@@H](C)C(N)=O)CSCCC3=O. The first-order valence-corrected chi connectivity index (χ1v) is 47.1. The van der Waals surface area contributed by atoms with E-state index in [-0.39, 0.29) is 80.3 Å². The van der Waals surface area contributed by atoms with Crippen molar-refractivity contribution < 1.29 is 106 Å². The number of rotatable bonds is 25. The third-order valence-electron chi connectivity index (χ3n) is 21.8. The molecule has 0 radical (unpaired) electrons. The molecule has 2 aromatic heterocycles. The number of carboxylic acid groups (broad SMARTS) is 2. The van der Waals surface area contributed by atoms with Gasteiger partial charge in [-0.2, -0.15) is 35.3 Å². The summed E-state index contributed by atoms with van der Waals surface area (Å²) < 4.78 is 0. The fourth-order valence-corrected chi connectivity index (χ4v) is 17.4. The van der Waals surface area contributed by atoms with Crippen LogP contribution in [0.25, 0.3) is 21.8 Å². The minimum atomic E-state index is -2.23. The first-order valence-electron chi connectivity index (χ1n) is 43.7. The van der Waals surface area contributed by atoms with Gasteiger partial charge in [0.05, 0.1) is 39.0 Å². The summed E-state index contributed by atoms with van der Waals surface area (Å²) in [6.45, 7) is 3.59. The lowest BCUT2D eigenvalue weighted by Gasteiger charge is -2.42. The Morgan fingerprint density at radius 3 is 1.46 bits per heavy atom. The highest BCUT2D eigenvalue weighted by atomic mass is 32.2. The monoisotopic (exact) mass is 1930 g/mol. The summed E-state index contributed by atoms with van der Waals surface area (Å²) in [5.41, 5.74) is 25.2. The molecule has 5 heterocycles. The van der Waals surface area contributed by atoms with Crippen LogP contribution in [0, 0.1) is 11.3 Å². The van der Waals surface area contributed by atoms with Gasteiger partial charge in [-0.3, -0.25) is 101 Å². The van der Waals surface area contributed by atoms with Crippen LogP contribution in [0.15, 0.2) is 91.3 Å². The number of primary amides is 2. The zero-order valence-electron chi connectivity index (χ0n) is 74.9. The standard InChI is InChI=1S/C86H118N24O22S3/c1-45(2)31-58-78(125)99-57(21-23-71(116)117)77(124)104-62(35-72(118)119)82(129)107-65-41-135-30-26-70(115)110-43-108(42-109(44-110)69(114)25-29-134-40-64(105-74(121)46(3)87)84(131)100-56(20-22-66(88)111)76(123)102-61(81(128)101-58)34-50-37-94-54-18-11-9-16-52(50)54)68(113)24-28-133-39-63(83(130)96-47(4)73(89)120)106-79(126)59(32-48-13-6-5-7-14-48)97-67(112)38-95-75(122)55(19-12-27-92-86(90)91)98-80(127)60(103-85(65)132)33-49-36-93-53-17-10-8-15-51(49)53/h5-11,13-18,36-37,45-47,55-65,93-94H,12,19-35,38-44,87H2,1-4H3,(H2,88,111)(H2,89,120)(H,95,122)(H,96,130)(H,97,112)(H,98,127)(H,99,125)(H,100,131)(H,101,128)(H,102,123)(H,103,132)(H,104,124)(H,105,121)(H,106,126)(H,107,129)(H,116,117)(H,118,119)(H4,90,91,92)/t46-,47-,55-,56-,57-,58-,59-,60-,61-,62-,63-,64-,65-/m0/s1. The number of amides is 18. The number of carbonyl (C=O) groups is 20. The van der Waals surface area contributed by atoms with Crippen molar-refractivity contribution in [2.75, 3.05) is 67.6 Å². The molecule has 27 N–H and O–H groups in total. The molecular formula is C86H118N24O22S3. The molecule has 0 saturated carbocycles. The van der Waals surface area contributed by atoms with Crippen LogP contribution in [0.4, 0.5) is 0 Å². The number of aliphatic carboxylic acids is 2. The van der Waals surface area contributed by atoms with Gasteiger partial charge in [0, 0.05) is 127 Å². The summed E-state index contributed by atoms with van der Waals surface area (Å²) in [7, 11) is 0. The lowest BCUT2D eigenvalue weighted by molar-refractivity contribution is -0.158. The zero-order valence-corrected chi connectivity index (χ0v) is 77.3. The first kappa shape index (κ1) is 107. The number of guanidine groups is 1. The predicted octanol–water partition coefficient (Wildman–Crippen LogP) is -4.85.